The lowest BCUT2D eigenvalue weighted by atomic mass is 10.1. The SMILES string of the molecule is CC(=O)C(N=Nc1cccc(C(=O)Nc2ccc(Cl)cc2Cl)c1Cl)C(=O)Nc1ccc(NC(=O)C(N=Nc2cccc(C(=O)Nc3ccc(Cl)cc3Cl)c2Cl)C(C)=O)cc1. The summed E-state index contributed by atoms with van der Waals surface area (Å²) >= 11 is 37.1. The van der Waals surface area contributed by atoms with E-state index in [4.69, 9.17) is 69.6 Å². The Hall–Kier alpha value is -5.74. The summed E-state index contributed by atoms with van der Waals surface area (Å²) in [7, 11) is 0. The Morgan fingerprint density at radius 1 is 0.483 bits per heavy atom. The monoisotopic (exact) mass is 926 g/mol. The molecule has 5 aromatic rings. The molecule has 2 unspecified atom stereocenters. The van der Waals surface area contributed by atoms with Gasteiger partial charge < -0.3 is 21.3 Å². The van der Waals surface area contributed by atoms with Crippen molar-refractivity contribution in [3.8, 4) is 0 Å². The van der Waals surface area contributed by atoms with E-state index in [9.17, 15) is 28.8 Å². The second-order valence-electron chi connectivity index (χ2n) is 12.4. The van der Waals surface area contributed by atoms with Gasteiger partial charge in [0.2, 0.25) is 12.1 Å². The molecule has 0 bridgehead atoms. The van der Waals surface area contributed by atoms with E-state index >= 15 is 0 Å². The summed E-state index contributed by atoms with van der Waals surface area (Å²) < 4.78 is 0. The third-order valence-electron chi connectivity index (χ3n) is 8.05. The molecule has 2 atom stereocenters. The Kier molecular flexibility index (Phi) is 15.5. The number of hydrogen-bond acceptors (Lipinski definition) is 10. The predicted octanol–water partition coefficient (Wildman–Crippen LogP) is 11.5. The predicted molar refractivity (Wildman–Crippen MR) is 233 cm³/mol. The molecule has 0 heterocycles. The first-order valence-electron chi connectivity index (χ1n) is 17.2. The summed E-state index contributed by atoms with van der Waals surface area (Å²) in [6, 6.07) is 20.3. The van der Waals surface area contributed by atoms with Crippen LogP contribution in [0.25, 0.3) is 0 Å². The van der Waals surface area contributed by atoms with E-state index in [-0.39, 0.29) is 65.3 Å². The summed E-state index contributed by atoms with van der Waals surface area (Å²) in [6.07, 6.45) is 0. The van der Waals surface area contributed by atoms with Crippen LogP contribution in [0.1, 0.15) is 34.6 Å². The van der Waals surface area contributed by atoms with E-state index < -0.39 is 47.3 Å². The lowest BCUT2D eigenvalue weighted by Crippen LogP contribution is -2.32. The van der Waals surface area contributed by atoms with Gasteiger partial charge in [0.25, 0.3) is 23.6 Å². The van der Waals surface area contributed by atoms with Gasteiger partial charge in [-0.25, -0.2) is 0 Å². The zero-order chi connectivity index (χ0) is 43.7. The number of nitrogens with zero attached hydrogens (tertiary/aromatic N) is 4. The topological polar surface area (TPSA) is 200 Å². The van der Waals surface area contributed by atoms with Gasteiger partial charge in [-0.15, -0.1) is 0 Å². The molecule has 60 heavy (non-hydrogen) atoms. The highest BCUT2D eigenvalue weighted by molar-refractivity contribution is 6.39. The fourth-order valence-corrected chi connectivity index (χ4v) is 6.45. The molecule has 20 heteroatoms. The molecule has 0 aliphatic rings. The molecule has 0 saturated heterocycles. The van der Waals surface area contributed by atoms with Crippen molar-refractivity contribution in [2.24, 2.45) is 20.5 Å². The molecule has 306 valence electrons. The van der Waals surface area contributed by atoms with E-state index in [1.807, 2.05) is 0 Å². The van der Waals surface area contributed by atoms with E-state index in [0.29, 0.717) is 10.0 Å². The summed E-state index contributed by atoms with van der Waals surface area (Å²) in [4.78, 5) is 77.1. The van der Waals surface area contributed by atoms with Gasteiger partial charge in [0, 0.05) is 21.4 Å². The molecule has 0 saturated carbocycles. The molecule has 5 aromatic carbocycles. The van der Waals surface area contributed by atoms with Crippen molar-refractivity contribution in [2.75, 3.05) is 21.3 Å². The molecule has 0 fully saturated rings. The van der Waals surface area contributed by atoms with Crippen LogP contribution in [0.5, 0.6) is 0 Å². The number of nitrogens with one attached hydrogen (secondary N) is 4. The number of carbonyl (C=O) groups excluding carboxylic acids is 6. The van der Waals surface area contributed by atoms with Gasteiger partial charge in [0.1, 0.15) is 11.4 Å². The van der Waals surface area contributed by atoms with E-state index in [0.717, 1.165) is 13.8 Å². The van der Waals surface area contributed by atoms with Crippen molar-refractivity contribution in [1.82, 2.24) is 0 Å². The second kappa shape index (κ2) is 20.5. The van der Waals surface area contributed by atoms with Crippen LogP contribution in [0.15, 0.2) is 118 Å². The standard InChI is InChI=1S/C40H28Cl6N8O6/c1-19(55)35(53-51-31-7-3-5-25(33(31)45)37(57)49-29-15-9-21(41)17-27(29)43)39(59)47-23-11-13-24(14-12-23)48-40(60)36(20(2)56)54-52-32-8-4-6-26(34(32)46)38(58)50-30-16-10-22(42)18-28(30)44/h3-18,35-36H,1-2H3,(H,47,59)(H,48,60)(H,49,57)(H,50,58). The average Bonchev–Trinajstić information content (AvgIpc) is 3.18. The number of ketones is 2. The van der Waals surface area contributed by atoms with Crippen LogP contribution in [0.4, 0.5) is 34.1 Å². The lowest BCUT2D eigenvalue weighted by Gasteiger charge is -2.12. The van der Waals surface area contributed by atoms with Crippen LogP contribution in [0.3, 0.4) is 0 Å². The Balaban J connectivity index is 1.21. The van der Waals surface area contributed by atoms with E-state index in [1.54, 1.807) is 12.1 Å². The van der Waals surface area contributed by atoms with Crippen molar-refractivity contribution in [3.05, 3.63) is 138 Å². The average molecular weight is 929 g/mol. The highest BCUT2D eigenvalue weighted by Gasteiger charge is 2.26. The smallest absolute Gasteiger partial charge is 0.258 e. The lowest BCUT2D eigenvalue weighted by molar-refractivity contribution is -0.127. The molecule has 0 aromatic heterocycles. The van der Waals surface area contributed by atoms with Gasteiger partial charge in [0.15, 0.2) is 11.6 Å². The third kappa shape index (κ3) is 11.7. The maximum Gasteiger partial charge on any atom is 0.258 e. The number of rotatable bonds is 14. The molecule has 0 aliphatic carbocycles. The summed E-state index contributed by atoms with van der Waals surface area (Å²) in [5, 5.41) is 27.1. The molecular weight excluding hydrogens is 901 g/mol. The minimum Gasteiger partial charge on any atom is -0.324 e. The first-order chi connectivity index (χ1) is 28.5. The number of anilines is 4. The normalized spacial score (nSPS) is 12.1. The van der Waals surface area contributed by atoms with Crippen molar-refractivity contribution in [1.29, 1.82) is 0 Å². The number of halogens is 6. The number of azo groups is 2. The fourth-order valence-electron chi connectivity index (χ4n) is 5.04. The third-order valence-corrected chi connectivity index (χ3v) is 9.94. The zero-order valence-corrected chi connectivity index (χ0v) is 35.4. The van der Waals surface area contributed by atoms with Crippen LogP contribution in [-0.4, -0.2) is 47.3 Å². The molecular formula is C40H28Cl6N8O6. The summed E-state index contributed by atoms with van der Waals surface area (Å²) in [5.41, 5.74) is 1.07. The molecule has 4 N–H and O–H groups in total. The highest BCUT2D eigenvalue weighted by atomic mass is 35.5. The van der Waals surface area contributed by atoms with Crippen LogP contribution < -0.4 is 21.3 Å². The van der Waals surface area contributed by atoms with Gasteiger partial charge in [0.05, 0.1) is 42.6 Å². The summed E-state index contributed by atoms with van der Waals surface area (Å²) in [6.45, 7) is 2.29. The van der Waals surface area contributed by atoms with Crippen LogP contribution in [0, 0.1) is 0 Å². The molecule has 0 spiro atoms. The first-order valence-corrected chi connectivity index (χ1v) is 19.4. The van der Waals surface area contributed by atoms with Crippen LogP contribution in [0.2, 0.25) is 30.1 Å². The van der Waals surface area contributed by atoms with Crippen molar-refractivity contribution in [3.63, 3.8) is 0 Å². The first kappa shape index (κ1) is 45.3. The molecule has 14 nitrogen and oxygen atoms in total. The molecule has 5 rings (SSSR count). The van der Waals surface area contributed by atoms with Crippen molar-refractivity contribution >= 4 is 139 Å². The van der Waals surface area contributed by atoms with Gasteiger partial charge in [-0.1, -0.05) is 81.7 Å². The van der Waals surface area contributed by atoms with Crippen LogP contribution in [-0.2, 0) is 19.2 Å². The Labute approximate surface area is 371 Å². The number of carbonyl (C=O) groups is 6. The minimum atomic E-state index is -1.60. The van der Waals surface area contributed by atoms with E-state index in [2.05, 4.69) is 41.7 Å². The second-order valence-corrected chi connectivity index (χ2v) is 14.9. The maximum atomic E-state index is 13.1. The van der Waals surface area contributed by atoms with Gasteiger partial charge in [-0.05, 0) is 98.8 Å². The molecule has 4 amide bonds. The number of hydrogen-bond donors (Lipinski definition) is 4. The highest BCUT2D eigenvalue weighted by Crippen LogP contribution is 2.33. The van der Waals surface area contributed by atoms with Crippen LogP contribution >= 0.6 is 69.6 Å². The number of amides is 4. The number of Topliss-reactive ketones (excluding diaryl/α,β-unsaturated/α-hetero) is 2. The van der Waals surface area contributed by atoms with Crippen molar-refractivity contribution < 1.29 is 28.8 Å². The number of benzene rings is 5. The summed E-state index contributed by atoms with van der Waals surface area (Å²) in [5.74, 6) is -4.19. The van der Waals surface area contributed by atoms with Crippen molar-refractivity contribution in [2.45, 2.75) is 25.9 Å². The van der Waals surface area contributed by atoms with Gasteiger partial charge >= 0.3 is 0 Å². The molecule has 0 aliphatic heterocycles. The molecule has 0 radical (unpaired) electrons. The van der Waals surface area contributed by atoms with E-state index in [1.165, 1.54) is 84.9 Å². The Morgan fingerprint density at radius 3 is 1.18 bits per heavy atom. The van der Waals surface area contributed by atoms with Gasteiger partial charge in [-0.3, -0.25) is 28.8 Å². The Morgan fingerprint density at radius 2 is 0.850 bits per heavy atom. The fraction of sp³-hybridized carbons (Fsp3) is 0.100. The van der Waals surface area contributed by atoms with Gasteiger partial charge in [-0.2, -0.15) is 20.5 Å². The maximum absolute atomic E-state index is 13.1. The quantitative estimate of drug-likeness (QED) is 0.0630. The minimum absolute atomic E-state index is 0.00840. The Bertz CT molecular complexity index is 2410. The zero-order valence-electron chi connectivity index (χ0n) is 30.9. The largest absolute Gasteiger partial charge is 0.324 e.